The molecule has 0 aromatic heterocycles. The molecule has 44 heavy (non-hydrogen) atoms. The van der Waals surface area contributed by atoms with Crippen LogP contribution >= 0.6 is 0 Å². The molecule has 0 aromatic carbocycles. The van der Waals surface area contributed by atoms with Crippen LogP contribution in [0.25, 0.3) is 0 Å². The summed E-state index contributed by atoms with van der Waals surface area (Å²) in [6, 6.07) is 0. The zero-order chi connectivity index (χ0) is 32.5. The molecule has 0 amide bonds. The van der Waals surface area contributed by atoms with Crippen LogP contribution in [0.2, 0.25) is 0 Å². The SMILES string of the molecule is C=CCOC(=O)CC1CC2CCOCC[C@@H](O)CC(=O)OC(CO)CC(C/C(C)=C\C(=O)OC)OC(O)C(C)/C=C/C(O2)O1. The van der Waals surface area contributed by atoms with Gasteiger partial charge in [0.05, 0.1) is 51.0 Å². The van der Waals surface area contributed by atoms with Gasteiger partial charge in [-0.15, -0.1) is 0 Å². The summed E-state index contributed by atoms with van der Waals surface area (Å²) in [4.78, 5) is 36.4. The first-order valence-electron chi connectivity index (χ1n) is 14.9. The number of aliphatic hydroxyl groups is 3. The Balaban J connectivity index is 2.24. The highest BCUT2D eigenvalue weighted by Crippen LogP contribution is 2.26. The lowest BCUT2D eigenvalue weighted by Gasteiger charge is -2.34. The largest absolute Gasteiger partial charge is 0.466 e. The van der Waals surface area contributed by atoms with E-state index in [1.807, 2.05) is 0 Å². The number of cyclic esters (lactones) is 1. The van der Waals surface area contributed by atoms with E-state index in [-0.39, 0.29) is 51.4 Å². The zero-order valence-corrected chi connectivity index (χ0v) is 25.8. The maximum absolute atomic E-state index is 12.5. The number of fused-ring (bicyclic) bond motifs is 2. The van der Waals surface area contributed by atoms with E-state index < -0.39 is 67.4 Å². The Kier molecular flexibility index (Phi) is 17.4. The van der Waals surface area contributed by atoms with Crippen molar-refractivity contribution in [3.63, 3.8) is 0 Å². The highest BCUT2D eigenvalue weighted by atomic mass is 16.7. The molecule has 0 aliphatic carbocycles. The molecule has 13 nitrogen and oxygen atoms in total. The second kappa shape index (κ2) is 20.4. The van der Waals surface area contributed by atoms with Gasteiger partial charge in [-0.2, -0.15) is 0 Å². The highest BCUT2D eigenvalue weighted by molar-refractivity contribution is 5.82. The van der Waals surface area contributed by atoms with E-state index in [1.54, 1.807) is 26.0 Å². The zero-order valence-electron chi connectivity index (χ0n) is 25.8. The van der Waals surface area contributed by atoms with Gasteiger partial charge < -0.3 is 48.5 Å². The van der Waals surface area contributed by atoms with Crippen LogP contribution in [-0.2, 0) is 47.5 Å². The summed E-state index contributed by atoms with van der Waals surface area (Å²) in [6.07, 6.45) is 1.36. The fraction of sp³-hybridized carbons (Fsp3) is 0.710. The van der Waals surface area contributed by atoms with Crippen molar-refractivity contribution in [3.05, 3.63) is 36.5 Å². The van der Waals surface area contributed by atoms with E-state index in [1.165, 1.54) is 19.3 Å². The first kappa shape index (κ1) is 37.5. The van der Waals surface area contributed by atoms with Crippen LogP contribution in [0.4, 0.5) is 0 Å². The molecule has 0 saturated carbocycles. The quantitative estimate of drug-likeness (QED) is 0.154. The Morgan fingerprint density at radius 2 is 1.77 bits per heavy atom. The average molecular weight is 629 g/mol. The molecule has 2 rings (SSSR count). The lowest BCUT2D eigenvalue weighted by molar-refractivity contribution is -0.225. The molecule has 8 atom stereocenters. The minimum Gasteiger partial charge on any atom is -0.466 e. The monoisotopic (exact) mass is 628 g/mol. The minimum absolute atomic E-state index is 0.00144. The number of hydrogen-bond acceptors (Lipinski definition) is 13. The Hall–Kier alpha value is -2.65. The minimum atomic E-state index is -1.33. The van der Waals surface area contributed by atoms with Crippen molar-refractivity contribution in [2.75, 3.05) is 33.5 Å². The van der Waals surface area contributed by atoms with Crippen molar-refractivity contribution < 1.29 is 62.9 Å². The Morgan fingerprint density at radius 3 is 2.48 bits per heavy atom. The number of rotatable bonds is 8. The third-order valence-electron chi connectivity index (χ3n) is 7.01. The lowest BCUT2D eigenvalue weighted by Crippen LogP contribution is -2.39. The van der Waals surface area contributed by atoms with Gasteiger partial charge in [0.15, 0.2) is 12.6 Å². The van der Waals surface area contributed by atoms with Crippen molar-refractivity contribution >= 4 is 17.9 Å². The van der Waals surface area contributed by atoms with Crippen LogP contribution in [0.15, 0.2) is 36.5 Å². The Bertz CT molecular complexity index is 964. The van der Waals surface area contributed by atoms with E-state index in [0.717, 1.165) is 0 Å². The van der Waals surface area contributed by atoms with Gasteiger partial charge in [-0.1, -0.05) is 31.2 Å². The van der Waals surface area contributed by atoms with Crippen LogP contribution in [0.1, 0.15) is 58.8 Å². The molecule has 2 heterocycles. The van der Waals surface area contributed by atoms with Gasteiger partial charge in [-0.3, -0.25) is 9.59 Å². The van der Waals surface area contributed by atoms with Crippen LogP contribution in [0, 0.1) is 5.92 Å². The summed E-state index contributed by atoms with van der Waals surface area (Å²) in [5.74, 6) is -2.26. The molecule has 250 valence electrons. The normalized spacial score (nSPS) is 32.5. The average Bonchev–Trinajstić information content (AvgIpc) is 2.97. The molecule has 0 radical (unpaired) electrons. The van der Waals surface area contributed by atoms with Gasteiger partial charge in [-0.05, 0) is 32.3 Å². The maximum atomic E-state index is 12.5. The van der Waals surface area contributed by atoms with Crippen LogP contribution < -0.4 is 0 Å². The number of carbonyl (C=O) groups excluding carboxylic acids is 3. The van der Waals surface area contributed by atoms with Crippen LogP contribution in [0.5, 0.6) is 0 Å². The Labute approximate surface area is 258 Å². The molecule has 2 aliphatic heterocycles. The van der Waals surface area contributed by atoms with E-state index in [4.69, 9.17) is 28.4 Å². The highest BCUT2D eigenvalue weighted by Gasteiger charge is 2.31. The molecule has 0 spiro atoms. The van der Waals surface area contributed by atoms with E-state index in [2.05, 4.69) is 11.3 Å². The van der Waals surface area contributed by atoms with Crippen molar-refractivity contribution in [3.8, 4) is 0 Å². The molecule has 1 saturated heterocycles. The van der Waals surface area contributed by atoms with Gasteiger partial charge in [-0.25, -0.2) is 4.79 Å². The maximum Gasteiger partial charge on any atom is 0.330 e. The summed E-state index contributed by atoms with van der Waals surface area (Å²) >= 11 is 0. The molecule has 3 N–H and O–H groups in total. The fourth-order valence-electron chi connectivity index (χ4n) is 4.69. The van der Waals surface area contributed by atoms with Gasteiger partial charge in [0.1, 0.15) is 12.7 Å². The third kappa shape index (κ3) is 14.9. The summed E-state index contributed by atoms with van der Waals surface area (Å²) in [6.45, 7) is 7.02. The van der Waals surface area contributed by atoms with Crippen molar-refractivity contribution in [2.45, 2.75) is 102 Å². The first-order chi connectivity index (χ1) is 21.0. The number of ether oxygens (including phenoxy) is 7. The predicted octanol–water partition coefficient (Wildman–Crippen LogP) is 1.87. The van der Waals surface area contributed by atoms with E-state index in [0.29, 0.717) is 25.0 Å². The van der Waals surface area contributed by atoms with Gasteiger partial charge in [0.2, 0.25) is 0 Å². The van der Waals surface area contributed by atoms with Crippen molar-refractivity contribution in [1.29, 1.82) is 0 Å². The summed E-state index contributed by atoms with van der Waals surface area (Å²) < 4.78 is 38.8. The predicted molar refractivity (Wildman–Crippen MR) is 156 cm³/mol. The van der Waals surface area contributed by atoms with Crippen LogP contribution in [-0.4, -0.2) is 110 Å². The second-order valence-corrected chi connectivity index (χ2v) is 11.0. The lowest BCUT2D eigenvalue weighted by atomic mass is 10.0. The van der Waals surface area contributed by atoms with Gasteiger partial charge >= 0.3 is 17.9 Å². The molecule has 7 unspecified atom stereocenters. The van der Waals surface area contributed by atoms with E-state index >= 15 is 0 Å². The smallest absolute Gasteiger partial charge is 0.330 e. The fourth-order valence-corrected chi connectivity index (χ4v) is 4.69. The summed E-state index contributed by atoms with van der Waals surface area (Å²) in [5.41, 5.74) is 0.581. The van der Waals surface area contributed by atoms with Crippen molar-refractivity contribution in [2.24, 2.45) is 5.92 Å². The molecule has 2 aliphatic rings. The first-order valence-corrected chi connectivity index (χ1v) is 14.9. The number of carbonyl (C=O) groups is 3. The molecule has 13 heteroatoms. The van der Waals surface area contributed by atoms with Crippen LogP contribution in [0.3, 0.4) is 0 Å². The summed E-state index contributed by atoms with van der Waals surface area (Å²) in [5, 5.41) is 31.1. The standard InChI is InChI=1S/C31H48O13/c1-5-10-40-28(35)18-25-16-23-9-12-39-11-8-22(33)15-29(36)41-26(19-32)17-24(13-20(2)14-27(34)38-4)44-31(37)21(3)6-7-30(42-23)43-25/h5-7,14,21-26,30-33,37H,1,8-13,15-19H2,2-4H3/b7-6+,20-14-/t21?,22-,23?,24?,25?,26?,30?,31?/m1/s1. The molecular formula is C31H48O13. The molecule has 1 fully saturated rings. The van der Waals surface area contributed by atoms with Gasteiger partial charge in [0, 0.05) is 38.0 Å². The van der Waals surface area contributed by atoms with Crippen molar-refractivity contribution in [1.82, 2.24) is 0 Å². The number of aliphatic hydroxyl groups excluding tert-OH is 3. The number of esters is 3. The molecule has 2 bridgehead atoms. The molecular weight excluding hydrogens is 580 g/mol. The summed E-state index contributed by atoms with van der Waals surface area (Å²) in [7, 11) is 1.25. The van der Waals surface area contributed by atoms with E-state index in [9.17, 15) is 29.7 Å². The number of hydrogen-bond donors (Lipinski definition) is 3. The third-order valence-corrected chi connectivity index (χ3v) is 7.01. The topological polar surface area (TPSA) is 177 Å². The molecule has 0 aromatic rings. The Morgan fingerprint density at radius 1 is 1.05 bits per heavy atom. The number of methoxy groups -OCH3 is 1. The second-order valence-electron chi connectivity index (χ2n) is 11.0. The van der Waals surface area contributed by atoms with Gasteiger partial charge in [0.25, 0.3) is 0 Å².